The number of amides is 1. The molecule has 0 radical (unpaired) electrons. The zero-order chi connectivity index (χ0) is 12.8. The van der Waals surface area contributed by atoms with Gasteiger partial charge in [-0.1, -0.05) is 6.92 Å². The molecule has 1 amide bonds. The first-order valence-electron chi connectivity index (χ1n) is 5.46. The van der Waals surface area contributed by atoms with Crippen LogP contribution in [0.2, 0.25) is 0 Å². The molecule has 0 saturated carbocycles. The van der Waals surface area contributed by atoms with Gasteiger partial charge in [0.15, 0.2) is 0 Å². The van der Waals surface area contributed by atoms with Crippen LogP contribution in [-0.4, -0.2) is 23.7 Å². The van der Waals surface area contributed by atoms with E-state index < -0.39 is 0 Å². The van der Waals surface area contributed by atoms with Crippen molar-refractivity contribution in [2.24, 2.45) is 0 Å². The second-order valence-electron chi connectivity index (χ2n) is 3.73. The molecule has 0 saturated heterocycles. The summed E-state index contributed by atoms with van der Waals surface area (Å²) in [6, 6.07) is 4.04. The average molecular weight is 351 g/mol. The van der Waals surface area contributed by atoms with E-state index in [0.29, 0.717) is 28.5 Å². The summed E-state index contributed by atoms with van der Waals surface area (Å²) in [6.45, 7) is 2.30. The minimum absolute atomic E-state index is 0.238. The summed E-state index contributed by atoms with van der Waals surface area (Å²) in [7, 11) is 0. The van der Waals surface area contributed by atoms with E-state index in [1.807, 2.05) is 29.5 Å². The van der Waals surface area contributed by atoms with Crippen molar-refractivity contribution in [3.8, 4) is 0 Å². The third-order valence-electron chi connectivity index (χ3n) is 2.41. The molecule has 1 aromatic rings. The molecule has 1 aromatic carbocycles. The lowest BCUT2D eigenvalue weighted by molar-refractivity contribution is 0.0941. The van der Waals surface area contributed by atoms with Crippen LogP contribution in [0.25, 0.3) is 0 Å². The Morgan fingerprint density at radius 3 is 2.88 bits per heavy atom. The lowest BCUT2D eigenvalue weighted by Gasteiger charge is -2.09. The fourth-order valence-electron chi connectivity index (χ4n) is 1.33. The quantitative estimate of drug-likeness (QED) is 0.800. The van der Waals surface area contributed by atoms with Crippen molar-refractivity contribution in [2.45, 2.75) is 25.9 Å². The summed E-state index contributed by atoms with van der Waals surface area (Å²) in [6.07, 6.45) is 0.812. The third-order valence-corrected chi connectivity index (χ3v) is 3.30. The van der Waals surface area contributed by atoms with Gasteiger partial charge in [0.25, 0.3) is 5.91 Å². The van der Waals surface area contributed by atoms with Crippen LogP contribution in [0.3, 0.4) is 0 Å². The number of aliphatic hydroxyl groups is 1. The average Bonchev–Trinajstić information content (AvgIpc) is 2.28. The van der Waals surface area contributed by atoms with Gasteiger partial charge in [-0.3, -0.25) is 4.79 Å². The van der Waals surface area contributed by atoms with E-state index in [2.05, 4.69) is 5.32 Å². The first-order valence-corrected chi connectivity index (χ1v) is 6.53. The number of hydrogen-bond donors (Lipinski definition) is 2. The van der Waals surface area contributed by atoms with Gasteiger partial charge in [0, 0.05) is 10.1 Å². The van der Waals surface area contributed by atoms with Crippen molar-refractivity contribution < 1.29 is 14.3 Å². The van der Waals surface area contributed by atoms with Crippen LogP contribution in [0.1, 0.15) is 30.1 Å². The Morgan fingerprint density at radius 2 is 2.29 bits per heavy atom. The molecule has 0 aliphatic rings. The van der Waals surface area contributed by atoms with E-state index >= 15 is 0 Å². The second-order valence-corrected chi connectivity index (χ2v) is 4.89. The molecule has 0 aromatic heterocycles. The van der Waals surface area contributed by atoms with Gasteiger partial charge in [-0.05, 0) is 53.6 Å². The number of halogens is 2. The second kappa shape index (κ2) is 6.90. The largest absolute Gasteiger partial charge is 0.393 e. The van der Waals surface area contributed by atoms with E-state index in [0.717, 1.165) is 0 Å². The molecule has 0 aliphatic carbocycles. The van der Waals surface area contributed by atoms with Crippen LogP contribution in [0.5, 0.6) is 0 Å². The number of rotatable bonds is 5. The molecule has 0 heterocycles. The van der Waals surface area contributed by atoms with Crippen molar-refractivity contribution in [1.82, 2.24) is 5.32 Å². The number of carbonyl (C=O) groups excluding carboxylic acids is 1. The highest BCUT2D eigenvalue weighted by atomic mass is 127. The normalized spacial score (nSPS) is 12.2. The minimum atomic E-state index is -0.386. The number of aliphatic hydroxyl groups excluding tert-OH is 1. The molecular weight excluding hydrogens is 336 g/mol. The topological polar surface area (TPSA) is 49.3 Å². The van der Waals surface area contributed by atoms with Crippen molar-refractivity contribution in [3.05, 3.63) is 33.1 Å². The van der Waals surface area contributed by atoms with E-state index in [1.165, 1.54) is 18.2 Å². The highest BCUT2D eigenvalue weighted by Gasteiger charge is 2.10. The van der Waals surface area contributed by atoms with Crippen LogP contribution >= 0.6 is 22.6 Å². The molecule has 1 rings (SSSR count). The summed E-state index contributed by atoms with van der Waals surface area (Å²) in [4.78, 5) is 11.7. The van der Waals surface area contributed by atoms with Gasteiger partial charge in [-0.15, -0.1) is 0 Å². The van der Waals surface area contributed by atoms with Crippen LogP contribution in [0.15, 0.2) is 18.2 Å². The van der Waals surface area contributed by atoms with Gasteiger partial charge in [0.1, 0.15) is 5.82 Å². The Hall–Kier alpha value is -0.690. The highest BCUT2D eigenvalue weighted by Crippen LogP contribution is 2.13. The van der Waals surface area contributed by atoms with E-state index in [4.69, 9.17) is 0 Å². The van der Waals surface area contributed by atoms with Gasteiger partial charge >= 0.3 is 0 Å². The molecule has 1 unspecified atom stereocenters. The predicted molar refractivity (Wildman–Crippen MR) is 72.4 cm³/mol. The molecule has 2 N–H and O–H groups in total. The summed E-state index contributed by atoms with van der Waals surface area (Å²) in [5.74, 6) is -0.593. The van der Waals surface area contributed by atoms with Crippen molar-refractivity contribution in [2.75, 3.05) is 6.54 Å². The number of benzene rings is 1. The monoisotopic (exact) mass is 351 g/mol. The zero-order valence-electron chi connectivity index (χ0n) is 9.54. The predicted octanol–water partition coefficient (Wildman–Crippen LogP) is 2.32. The van der Waals surface area contributed by atoms with E-state index in [9.17, 15) is 14.3 Å². The molecular formula is C12H15FINO2. The summed E-state index contributed by atoms with van der Waals surface area (Å²) in [5.41, 5.74) is 0.456. The Bertz CT molecular complexity index is 398. The first kappa shape index (κ1) is 14.4. The molecule has 5 heteroatoms. The Labute approximate surface area is 114 Å². The van der Waals surface area contributed by atoms with Crippen molar-refractivity contribution in [3.63, 3.8) is 0 Å². The maximum Gasteiger partial charge on any atom is 0.252 e. The fourth-order valence-corrected chi connectivity index (χ4v) is 2.05. The maximum absolute atomic E-state index is 12.8. The Morgan fingerprint density at radius 1 is 1.59 bits per heavy atom. The van der Waals surface area contributed by atoms with Crippen molar-refractivity contribution in [1.29, 1.82) is 0 Å². The maximum atomic E-state index is 12.8. The molecule has 1 atom stereocenters. The fraction of sp³-hybridized carbons (Fsp3) is 0.417. The smallest absolute Gasteiger partial charge is 0.252 e. The molecule has 0 bridgehead atoms. The van der Waals surface area contributed by atoms with Crippen LogP contribution in [-0.2, 0) is 0 Å². The summed E-state index contributed by atoms with van der Waals surface area (Å²) < 4.78 is 13.4. The van der Waals surface area contributed by atoms with E-state index in [1.54, 1.807) is 0 Å². The first-order chi connectivity index (χ1) is 8.04. The summed E-state index contributed by atoms with van der Waals surface area (Å²) in [5, 5.41) is 12.0. The van der Waals surface area contributed by atoms with Gasteiger partial charge in [0.05, 0.1) is 11.7 Å². The summed E-state index contributed by atoms with van der Waals surface area (Å²) >= 11 is 1.92. The SMILES string of the molecule is CCC(O)CCNC(=O)c1ccc(F)cc1I. The highest BCUT2D eigenvalue weighted by molar-refractivity contribution is 14.1. The number of carbonyl (C=O) groups is 1. The molecule has 0 fully saturated rings. The molecule has 0 aliphatic heterocycles. The standard InChI is InChI=1S/C12H15FINO2/c1-2-9(16)5-6-15-12(17)10-4-3-8(13)7-11(10)14/h3-4,7,9,16H,2,5-6H2,1H3,(H,15,17). The van der Waals surface area contributed by atoms with Gasteiger partial charge < -0.3 is 10.4 Å². The lowest BCUT2D eigenvalue weighted by Crippen LogP contribution is -2.27. The minimum Gasteiger partial charge on any atom is -0.393 e. The van der Waals surface area contributed by atoms with Gasteiger partial charge in [0.2, 0.25) is 0 Å². The zero-order valence-corrected chi connectivity index (χ0v) is 11.7. The van der Waals surface area contributed by atoms with Crippen LogP contribution < -0.4 is 5.32 Å². The molecule has 94 valence electrons. The van der Waals surface area contributed by atoms with Crippen LogP contribution in [0.4, 0.5) is 4.39 Å². The van der Waals surface area contributed by atoms with Gasteiger partial charge in [-0.25, -0.2) is 4.39 Å². The lowest BCUT2D eigenvalue weighted by atomic mass is 10.2. The third kappa shape index (κ3) is 4.59. The van der Waals surface area contributed by atoms with Crippen molar-refractivity contribution >= 4 is 28.5 Å². The molecule has 0 spiro atoms. The molecule has 17 heavy (non-hydrogen) atoms. The van der Waals surface area contributed by atoms with Crippen LogP contribution in [0, 0.1) is 9.39 Å². The molecule has 3 nitrogen and oxygen atoms in total. The number of nitrogens with one attached hydrogen (secondary N) is 1. The Kier molecular flexibility index (Phi) is 5.84. The van der Waals surface area contributed by atoms with Gasteiger partial charge in [-0.2, -0.15) is 0 Å². The Balaban J connectivity index is 2.52. The number of hydrogen-bond acceptors (Lipinski definition) is 2. The van der Waals surface area contributed by atoms with E-state index in [-0.39, 0.29) is 17.8 Å².